The van der Waals surface area contributed by atoms with Crippen LogP contribution in [0.1, 0.15) is 24.4 Å². The highest BCUT2D eigenvalue weighted by atomic mass is 32.2. The molecule has 6 nitrogen and oxygen atoms in total. The van der Waals surface area contributed by atoms with E-state index < -0.39 is 10.2 Å². The third-order valence-corrected chi connectivity index (χ3v) is 5.75. The first-order valence-electron chi connectivity index (χ1n) is 7.59. The van der Waals surface area contributed by atoms with Crippen molar-refractivity contribution in [3.05, 3.63) is 29.8 Å². The quantitative estimate of drug-likeness (QED) is 0.856. The molecule has 3 rings (SSSR count). The molecule has 1 aromatic carbocycles. The Morgan fingerprint density at radius 2 is 1.86 bits per heavy atom. The number of ether oxygens (including phenoxy) is 2. The van der Waals surface area contributed by atoms with E-state index in [4.69, 9.17) is 9.47 Å². The molecule has 0 aromatic heterocycles. The van der Waals surface area contributed by atoms with Crippen LogP contribution in [0.2, 0.25) is 0 Å². The van der Waals surface area contributed by atoms with E-state index in [2.05, 4.69) is 4.72 Å². The maximum absolute atomic E-state index is 12.6. The van der Waals surface area contributed by atoms with Crippen LogP contribution in [0.25, 0.3) is 0 Å². The normalized spacial score (nSPS) is 21.5. The van der Waals surface area contributed by atoms with Gasteiger partial charge in [0, 0.05) is 13.1 Å². The molecule has 0 unspecified atom stereocenters. The van der Waals surface area contributed by atoms with Crippen molar-refractivity contribution in [2.75, 3.05) is 33.4 Å². The van der Waals surface area contributed by atoms with E-state index in [-0.39, 0.29) is 6.04 Å². The highest BCUT2D eigenvalue weighted by Gasteiger charge is 2.37. The molecule has 1 aliphatic carbocycles. The summed E-state index contributed by atoms with van der Waals surface area (Å²) in [5, 5.41) is 0. The number of benzene rings is 1. The predicted octanol–water partition coefficient (Wildman–Crippen LogP) is 1.31. The molecule has 1 aromatic rings. The zero-order chi connectivity index (χ0) is 15.6. The molecule has 0 spiro atoms. The van der Waals surface area contributed by atoms with Crippen LogP contribution in [-0.4, -0.2) is 46.1 Å². The van der Waals surface area contributed by atoms with Crippen LogP contribution in [0.4, 0.5) is 0 Å². The summed E-state index contributed by atoms with van der Waals surface area (Å²) in [7, 11) is -1.86. The summed E-state index contributed by atoms with van der Waals surface area (Å²) in [6, 6.07) is 7.44. The van der Waals surface area contributed by atoms with Crippen LogP contribution in [0.15, 0.2) is 24.3 Å². The van der Waals surface area contributed by atoms with E-state index in [0.29, 0.717) is 32.2 Å². The molecule has 1 saturated heterocycles. The van der Waals surface area contributed by atoms with Crippen molar-refractivity contribution in [2.24, 2.45) is 5.92 Å². The maximum Gasteiger partial charge on any atom is 0.280 e. The van der Waals surface area contributed by atoms with Gasteiger partial charge in [0.05, 0.1) is 26.4 Å². The minimum Gasteiger partial charge on any atom is -0.497 e. The largest absolute Gasteiger partial charge is 0.497 e. The van der Waals surface area contributed by atoms with Crippen LogP contribution in [0, 0.1) is 5.92 Å². The van der Waals surface area contributed by atoms with Crippen molar-refractivity contribution in [1.82, 2.24) is 9.03 Å². The molecule has 1 N–H and O–H groups in total. The second kappa shape index (κ2) is 6.54. The van der Waals surface area contributed by atoms with Gasteiger partial charge in [0.1, 0.15) is 5.75 Å². The van der Waals surface area contributed by atoms with Crippen molar-refractivity contribution in [3.8, 4) is 5.75 Å². The second-order valence-corrected chi connectivity index (χ2v) is 7.42. The lowest BCUT2D eigenvalue weighted by Gasteiger charge is -2.29. The van der Waals surface area contributed by atoms with Crippen LogP contribution < -0.4 is 9.46 Å². The van der Waals surface area contributed by atoms with Gasteiger partial charge in [-0.25, -0.2) is 0 Å². The topological polar surface area (TPSA) is 67.9 Å². The van der Waals surface area contributed by atoms with E-state index in [1.807, 2.05) is 24.3 Å². The molecule has 7 heteroatoms. The van der Waals surface area contributed by atoms with Crippen LogP contribution in [0.5, 0.6) is 5.75 Å². The Morgan fingerprint density at radius 1 is 1.23 bits per heavy atom. The molecule has 1 heterocycles. The van der Waals surface area contributed by atoms with Gasteiger partial charge in [-0.2, -0.15) is 17.4 Å². The summed E-state index contributed by atoms with van der Waals surface area (Å²) < 4.78 is 39.8. The summed E-state index contributed by atoms with van der Waals surface area (Å²) in [5.74, 6) is 1.15. The molecular weight excluding hydrogens is 304 g/mol. The SMILES string of the molecule is COc1ccc([C@H](NS(=O)(=O)N2CCOCC2)C2CC2)cc1. The predicted molar refractivity (Wildman–Crippen MR) is 82.9 cm³/mol. The molecule has 2 fully saturated rings. The zero-order valence-electron chi connectivity index (χ0n) is 12.7. The summed E-state index contributed by atoms with van der Waals surface area (Å²) in [6.45, 7) is 1.74. The molecule has 122 valence electrons. The van der Waals surface area contributed by atoms with Crippen molar-refractivity contribution in [2.45, 2.75) is 18.9 Å². The third kappa shape index (κ3) is 3.60. The maximum atomic E-state index is 12.6. The fourth-order valence-corrected chi connectivity index (χ4v) is 4.13. The summed E-state index contributed by atoms with van der Waals surface area (Å²) in [5.41, 5.74) is 0.986. The van der Waals surface area contributed by atoms with E-state index in [0.717, 1.165) is 24.2 Å². The number of nitrogens with zero attached hydrogens (tertiary/aromatic N) is 1. The van der Waals surface area contributed by atoms with Gasteiger partial charge in [-0.05, 0) is 36.5 Å². The van der Waals surface area contributed by atoms with Crippen molar-refractivity contribution >= 4 is 10.2 Å². The van der Waals surface area contributed by atoms with Gasteiger partial charge in [-0.15, -0.1) is 0 Å². The Bertz CT molecular complexity index is 592. The van der Waals surface area contributed by atoms with E-state index in [1.165, 1.54) is 4.31 Å². The summed E-state index contributed by atoms with van der Waals surface area (Å²) in [4.78, 5) is 0. The van der Waals surface area contributed by atoms with Crippen molar-refractivity contribution < 1.29 is 17.9 Å². The van der Waals surface area contributed by atoms with Gasteiger partial charge in [0.15, 0.2) is 0 Å². The van der Waals surface area contributed by atoms with Crippen LogP contribution in [0.3, 0.4) is 0 Å². The Morgan fingerprint density at radius 3 is 2.41 bits per heavy atom. The Kier molecular flexibility index (Phi) is 4.67. The molecule has 0 radical (unpaired) electrons. The summed E-state index contributed by atoms with van der Waals surface area (Å²) in [6.07, 6.45) is 2.12. The lowest BCUT2D eigenvalue weighted by molar-refractivity contribution is 0.0722. The molecule has 22 heavy (non-hydrogen) atoms. The van der Waals surface area contributed by atoms with Crippen LogP contribution >= 0.6 is 0 Å². The number of rotatable bonds is 6. The van der Waals surface area contributed by atoms with E-state index in [1.54, 1.807) is 7.11 Å². The fraction of sp³-hybridized carbons (Fsp3) is 0.600. The number of hydrogen-bond donors (Lipinski definition) is 1. The average Bonchev–Trinajstić information content (AvgIpc) is 3.38. The number of nitrogens with one attached hydrogen (secondary N) is 1. The number of morpholine rings is 1. The minimum absolute atomic E-state index is 0.168. The minimum atomic E-state index is -3.48. The third-order valence-electron chi connectivity index (χ3n) is 4.15. The molecule has 1 saturated carbocycles. The lowest BCUT2D eigenvalue weighted by atomic mass is 10.0. The lowest BCUT2D eigenvalue weighted by Crippen LogP contribution is -2.47. The highest BCUT2D eigenvalue weighted by molar-refractivity contribution is 7.87. The van der Waals surface area contributed by atoms with Gasteiger partial charge in [0.2, 0.25) is 0 Å². The van der Waals surface area contributed by atoms with Gasteiger partial charge in [0.25, 0.3) is 10.2 Å². The standard InChI is InChI=1S/C15H22N2O4S/c1-20-14-6-4-13(5-7-14)15(12-2-3-12)16-22(18,19)17-8-10-21-11-9-17/h4-7,12,15-16H,2-3,8-11H2,1H3/t15-/m1/s1. The Hall–Kier alpha value is -1.15. The van der Waals surface area contributed by atoms with Crippen molar-refractivity contribution in [3.63, 3.8) is 0 Å². The Balaban J connectivity index is 1.76. The zero-order valence-corrected chi connectivity index (χ0v) is 13.5. The van der Waals surface area contributed by atoms with Gasteiger partial charge < -0.3 is 9.47 Å². The molecule has 1 aliphatic heterocycles. The molecule has 2 aliphatic rings. The monoisotopic (exact) mass is 326 g/mol. The van der Waals surface area contributed by atoms with Gasteiger partial charge in [-0.1, -0.05) is 12.1 Å². The fourth-order valence-electron chi connectivity index (χ4n) is 2.70. The second-order valence-electron chi connectivity index (χ2n) is 5.72. The summed E-state index contributed by atoms with van der Waals surface area (Å²) >= 11 is 0. The van der Waals surface area contributed by atoms with E-state index in [9.17, 15) is 8.42 Å². The molecule has 1 atom stereocenters. The van der Waals surface area contributed by atoms with Crippen LogP contribution in [-0.2, 0) is 14.9 Å². The average molecular weight is 326 g/mol. The first-order chi connectivity index (χ1) is 10.6. The molecule has 0 amide bonds. The highest BCUT2D eigenvalue weighted by Crippen LogP contribution is 2.41. The number of methoxy groups -OCH3 is 1. The Labute approximate surface area is 131 Å². The van der Waals surface area contributed by atoms with Gasteiger partial charge >= 0.3 is 0 Å². The van der Waals surface area contributed by atoms with Gasteiger partial charge in [-0.3, -0.25) is 0 Å². The smallest absolute Gasteiger partial charge is 0.280 e. The first kappa shape index (κ1) is 15.7. The van der Waals surface area contributed by atoms with E-state index >= 15 is 0 Å². The first-order valence-corrected chi connectivity index (χ1v) is 9.03. The number of hydrogen-bond acceptors (Lipinski definition) is 4. The molecule has 0 bridgehead atoms. The molecular formula is C15H22N2O4S. The van der Waals surface area contributed by atoms with Crippen molar-refractivity contribution in [1.29, 1.82) is 0 Å².